The van der Waals surface area contributed by atoms with Gasteiger partial charge in [0.2, 0.25) is 5.91 Å². The summed E-state index contributed by atoms with van der Waals surface area (Å²) < 4.78 is 19.0. The minimum Gasteiger partial charge on any atom is -0.460 e. The average molecular weight is 370 g/mol. The van der Waals surface area contributed by atoms with Crippen LogP contribution in [0.1, 0.15) is 38.7 Å². The number of nitrogens with one attached hydrogen (secondary N) is 1. The van der Waals surface area contributed by atoms with Gasteiger partial charge < -0.3 is 10.1 Å². The molecule has 0 fully saturated rings. The van der Waals surface area contributed by atoms with E-state index in [9.17, 15) is 14.0 Å². The second kappa shape index (κ2) is 6.60. The summed E-state index contributed by atoms with van der Waals surface area (Å²) in [7, 11) is 0. The van der Waals surface area contributed by atoms with E-state index < -0.39 is 17.7 Å². The number of carbonyl (C=O) groups is 2. The van der Waals surface area contributed by atoms with Gasteiger partial charge in [0, 0.05) is 18.0 Å². The Morgan fingerprint density at radius 1 is 1.45 bits per heavy atom. The zero-order valence-electron chi connectivity index (χ0n) is 12.6. The molecular weight excluding hydrogens is 353 g/mol. The SMILES string of the molecule is CC1=C(C(=O)OC(C)C)[C@H](c2ccc(F)c(Br)c2)CC(=O)N1. The van der Waals surface area contributed by atoms with Gasteiger partial charge in [-0.1, -0.05) is 6.07 Å². The van der Waals surface area contributed by atoms with Gasteiger partial charge >= 0.3 is 5.97 Å². The van der Waals surface area contributed by atoms with E-state index in [-0.39, 0.29) is 18.4 Å². The molecule has 1 aromatic carbocycles. The molecule has 0 radical (unpaired) electrons. The van der Waals surface area contributed by atoms with Crippen molar-refractivity contribution in [1.29, 1.82) is 0 Å². The molecule has 0 aliphatic carbocycles. The molecular formula is C16H17BrFNO3. The lowest BCUT2D eigenvalue weighted by Gasteiger charge is -2.27. The van der Waals surface area contributed by atoms with Crippen molar-refractivity contribution >= 4 is 27.8 Å². The number of carbonyl (C=O) groups excluding carboxylic acids is 2. The molecule has 1 aliphatic heterocycles. The number of amides is 1. The summed E-state index contributed by atoms with van der Waals surface area (Å²) in [6.07, 6.45) is -0.135. The van der Waals surface area contributed by atoms with Crippen molar-refractivity contribution < 1.29 is 18.7 Å². The summed E-state index contributed by atoms with van der Waals surface area (Å²) in [5, 5.41) is 2.66. The summed E-state index contributed by atoms with van der Waals surface area (Å²) in [5.74, 6) is -1.48. The van der Waals surface area contributed by atoms with Gasteiger partial charge in [0.25, 0.3) is 0 Å². The van der Waals surface area contributed by atoms with E-state index >= 15 is 0 Å². The van der Waals surface area contributed by atoms with Crippen LogP contribution in [0.4, 0.5) is 4.39 Å². The van der Waals surface area contributed by atoms with Crippen molar-refractivity contribution in [2.75, 3.05) is 0 Å². The number of benzene rings is 1. The van der Waals surface area contributed by atoms with Crippen LogP contribution >= 0.6 is 15.9 Å². The summed E-state index contributed by atoms with van der Waals surface area (Å²) in [4.78, 5) is 24.2. The molecule has 0 spiro atoms. The third-order valence-electron chi connectivity index (χ3n) is 3.38. The van der Waals surface area contributed by atoms with Crippen LogP contribution in [0.25, 0.3) is 0 Å². The van der Waals surface area contributed by atoms with Gasteiger partial charge in [0.1, 0.15) is 5.82 Å². The second-order valence-corrected chi connectivity index (χ2v) is 6.33. The van der Waals surface area contributed by atoms with Crippen LogP contribution in [0.3, 0.4) is 0 Å². The van der Waals surface area contributed by atoms with Crippen molar-refractivity contribution in [2.24, 2.45) is 0 Å². The molecule has 1 N–H and O–H groups in total. The molecule has 0 saturated carbocycles. The van der Waals surface area contributed by atoms with Gasteiger partial charge in [-0.05, 0) is 54.4 Å². The zero-order chi connectivity index (χ0) is 16.4. The lowest BCUT2D eigenvalue weighted by Crippen LogP contribution is -2.34. The maximum absolute atomic E-state index is 13.4. The smallest absolute Gasteiger partial charge is 0.336 e. The van der Waals surface area contributed by atoms with Crippen molar-refractivity contribution in [3.63, 3.8) is 0 Å². The number of ether oxygens (including phenoxy) is 1. The average Bonchev–Trinajstić information content (AvgIpc) is 2.39. The fourth-order valence-electron chi connectivity index (χ4n) is 2.46. The third kappa shape index (κ3) is 3.55. The molecule has 1 atom stereocenters. The molecule has 6 heteroatoms. The van der Waals surface area contributed by atoms with Crippen LogP contribution in [-0.4, -0.2) is 18.0 Å². The van der Waals surface area contributed by atoms with Gasteiger partial charge in [0.05, 0.1) is 16.1 Å². The highest BCUT2D eigenvalue weighted by molar-refractivity contribution is 9.10. The third-order valence-corrected chi connectivity index (χ3v) is 3.99. The first-order chi connectivity index (χ1) is 10.3. The number of rotatable bonds is 3. The Morgan fingerprint density at radius 2 is 2.14 bits per heavy atom. The molecule has 1 aromatic rings. The van der Waals surface area contributed by atoms with Crippen LogP contribution in [0.15, 0.2) is 33.9 Å². The Bertz CT molecular complexity index is 655. The van der Waals surface area contributed by atoms with E-state index in [0.29, 0.717) is 21.3 Å². The van der Waals surface area contributed by atoms with Crippen LogP contribution in [-0.2, 0) is 14.3 Å². The first kappa shape index (κ1) is 16.7. The lowest BCUT2D eigenvalue weighted by molar-refractivity contribution is -0.143. The number of esters is 1. The van der Waals surface area contributed by atoms with E-state index in [0.717, 1.165) is 0 Å². The predicted molar refractivity (Wildman–Crippen MR) is 83.5 cm³/mol. The Balaban J connectivity index is 2.45. The molecule has 4 nitrogen and oxygen atoms in total. The van der Waals surface area contributed by atoms with Crippen molar-refractivity contribution in [3.05, 3.63) is 45.3 Å². The Morgan fingerprint density at radius 3 is 2.73 bits per heavy atom. The molecule has 2 rings (SSSR count). The molecule has 0 unspecified atom stereocenters. The highest BCUT2D eigenvalue weighted by Crippen LogP contribution is 2.35. The largest absolute Gasteiger partial charge is 0.460 e. The van der Waals surface area contributed by atoms with Crippen LogP contribution < -0.4 is 5.32 Å². The monoisotopic (exact) mass is 369 g/mol. The first-order valence-electron chi connectivity index (χ1n) is 6.96. The second-order valence-electron chi connectivity index (χ2n) is 5.47. The van der Waals surface area contributed by atoms with Crippen LogP contribution in [0.2, 0.25) is 0 Å². The number of hydrogen-bond donors (Lipinski definition) is 1. The van der Waals surface area contributed by atoms with Gasteiger partial charge in [0.15, 0.2) is 0 Å². The lowest BCUT2D eigenvalue weighted by atomic mass is 9.84. The summed E-state index contributed by atoms with van der Waals surface area (Å²) in [5.41, 5.74) is 1.58. The van der Waals surface area contributed by atoms with Crippen molar-refractivity contribution in [1.82, 2.24) is 5.32 Å². The summed E-state index contributed by atoms with van der Waals surface area (Å²) in [6, 6.07) is 4.49. The van der Waals surface area contributed by atoms with E-state index in [1.165, 1.54) is 6.07 Å². The van der Waals surface area contributed by atoms with Crippen molar-refractivity contribution in [2.45, 2.75) is 39.2 Å². The van der Waals surface area contributed by atoms with E-state index in [2.05, 4.69) is 21.2 Å². The topological polar surface area (TPSA) is 55.4 Å². The minimum atomic E-state index is -0.460. The van der Waals surface area contributed by atoms with Crippen molar-refractivity contribution in [3.8, 4) is 0 Å². The molecule has 0 aromatic heterocycles. The molecule has 0 bridgehead atoms. The highest BCUT2D eigenvalue weighted by atomic mass is 79.9. The zero-order valence-corrected chi connectivity index (χ0v) is 14.2. The predicted octanol–water partition coefficient (Wildman–Crippen LogP) is 3.42. The molecule has 1 amide bonds. The van der Waals surface area contributed by atoms with Gasteiger partial charge in [-0.25, -0.2) is 9.18 Å². The molecule has 22 heavy (non-hydrogen) atoms. The summed E-state index contributed by atoms with van der Waals surface area (Å²) in [6.45, 7) is 5.19. The number of allylic oxidation sites excluding steroid dienone is 1. The maximum atomic E-state index is 13.4. The maximum Gasteiger partial charge on any atom is 0.336 e. The molecule has 1 heterocycles. The fraction of sp³-hybridized carbons (Fsp3) is 0.375. The van der Waals surface area contributed by atoms with Gasteiger partial charge in [-0.2, -0.15) is 0 Å². The van der Waals surface area contributed by atoms with E-state index in [4.69, 9.17) is 4.74 Å². The Hall–Kier alpha value is -1.69. The molecule has 118 valence electrons. The van der Waals surface area contributed by atoms with Gasteiger partial charge in [-0.15, -0.1) is 0 Å². The Labute approximate surface area is 136 Å². The van der Waals surface area contributed by atoms with E-state index in [1.807, 2.05) is 0 Å². The fourth-order valence-corrected chi connectivity index (χ4v) is 2.86. The minimum absolute atomic E-state index is 0.123. The normalized spacial score (nSPS) is 18.5. The standard InChI is InChI=1S/C16H17BrFNO3/c1-8(2)22-16(21)15-9(3)19-14(20)7-11(15)10-4-5-13(18)12(17)6-10/h4-6,8,11H,7H2,1-3H3,(H,19,20)/t11-/m0/s1. The number of halogens is 2. The van der Waals surface area contributed by atoms with Crippen LogP contribution in [0.5, 0.6) is 0 Å². The first-order valence-corrected chi connectivity index (χ1v) is 7.75. The van der Waals surface area contributed by atoms with Gasteiger partial charge in [-0.3, -0.25) is 4.79 Å². The summed E-state index contributed by atoms with van der Waals surface area (Å²) >= 11 is 3.13. The highest BCUT2D eigenvalue weighted by Gasteiger charge is 2.33. The molecule has 0 saturated heterocycles. The number of hydrogen-bond acceptors (Lipinski definition) is 3. The van der Waals surface area contributed by atoms with Crippen LogP contribution in [0, 0.1) is 5.82 Å². The quantitative estimate of drug-likeness (QED) is 0.830. The Kier molecular flexibility index (Phi) is 5.01. The van der Waals surface area contributed by atoms with E-state index in [1.54, 1.807) is 32.9 Å². The molecule has 1 aliphatic rings.